The predicted molar refractivity (Wildman–Crippen MR) is 59.6 cm³/mol. The van der Waals surface area contributed by atoms with Crippen LogP contribution in [-0.4, -0.2) is 62.2 Å². The predicted octanol–water partition coefficient (Wildman–Crippen LogP) is 0.376. The van der Waals surface area contributed by atoms with Crippen LogP contribution in [0.15, 0.2) is 0 Å². The van der Waals surface area contributed by atoms with Gasteiger partial charge in [0.2, 0.25) is 0 Å². The van der Waals surface area contributed by atoms with Crippen molar-refractivity contribution in [3.63, 3.8) is 0 Å². The largest absolute Gasteiger partial charge is 0.318 e. The molecule has 1 unspecified atom stereocenters. The molecule has 1 N–H and O–H groups in total. The molecule has 1 atom stereocenters. The Balaban J connectivity index is 1.82. The van der Waals surface area contributed by atoms with Gasteiger partial charge in [-0.25, -0.2) is 0 Å². The highest BCUT2D eigenvalue weighted by Gasteiger charge is 2.28. The van der Waals surface area contributed by atoms with Gasteiger partial charge in [0.15, 0.2) is 0 Å². The van der Waals surface area contributed by atoms with Gasteiger partial charge >= 0.3 is 0 Å². The normalized spacial score (nSPS) is 30.2. The van der Waals surface area contributed by atoms with Crippen molar-refractivity contribution in [1.29, 1.82) is 0 Å². The summed E-state index contributed by atoms with van der Waals surface area (Å²) in [6.45, 7) is 7.65. The molecule has 2 aliphatic rings. The van der Waals surface area contributed by atoms with E-state index in [2.05, 4.69) is 15.1 Å². The second-order valence-corrected chi connectivity index (χ2v) is 4.59. The molecule has 3 nitrogen and oxygen atoms in total. The molecule has 0 aromatic carbocycles. The number of hydrogen-bond acceptors (Lipinski definition) is 3. The van der Waals surface area contributed by atoms with Crippen molar-refractivity contribution in [1.82, 2.24) is 15.1 Å². The molecule has 2 rings (SSSR count). The van der Waals surface area contributed by atoms with Crippen LogP contribution in [0.25, 0.3) is 0 Å². The van der Waals surface area contributed by atoms with Gasteiger partial charge in [-0.15, -0.1) is 0 Å². The van der Waals surface area contributed by atoms with Crippen LogP contribution in [0.1, 0.15) is 19.3 Å². The maximum atomic E-state index is 3.24. The molecule has 2 aliphatic heterocycles. The summed E-state index contributed by atoms with van der Waals surface area (Å²) >= 11 is 0. The van der Waals surface area contributed by atoms with Gasteiger partial charge in [-0.1, -0.05) is 0 Å². The molecule has 0 bridgehead atoms. The fourth-order valence-electron chi connectivity index (χ4n) is 2.76. The second kappa shape index (κ2) is 5.10. The van der Waals surface area contributed by atoms with Gasteiger partial charge in [-0.3, -0.25) is 4.90 Å². The summed E-state index contributed by atoms with van der Waals surface area (Å²) in [5.41, 5.74) is 0. The maximum Gasteiger partial charge on any atom is 0.0223 e. The van der Waals surface area contributed by atoms with Gasteiger partial charge in [0.05, 0.1) is 0 Å². The van der Waals surface area contributed by atoms with E-state index in [1.165, 1.54) is 52.0 Å². The highest BCUT2D eigenvalue weighted by molar-refractivity contribution is 4.84. The maximum absolute atomic E-state index is 3.24. The van der Waals surface area contributed by atoms with Crippen LogP contribution in [0.5, 0.6) is 0 Å². The minimum absolute atomic E-state index is 0.870. The van der Waals surface area contributed by atoms with Crippen molar-refractivity contribution in [3.8, 4) is 0 Å². The lowest BCUT2D eigenvalue weighted by molar-refractivity contribution is 0.221. The molecule has 0 spiro atoms. The summed E-state index contributed by atoms with van der Waals surface area (Å²) in [4.78, 5) is 5.33. The molecular weight excluding hydrogens is 174 g/mol. The zero-order chi connectivity index (χ0) is 9.80. The van der Waals surface area contributed by atoms with Crippen molar-refractivity contribution in [3.05, 3.63) is 0 Å². The van der Waals surface area contributed by atoms with E-state index in [1.54, 1.807) is 0 Å². The molecule has 0 saturated carbocycles. The number of fused-ring (bicyclic) bond motifs is 1. The van der Waals surface area contributed by atoms with Crippen molar-refractivity contribution >= 4 is 0 Å². The average molecular weight is 197 g/mol. The van der Waals surface area contributed by atoms with E-state index in [0.29, 0.717) is 0 Å². The van der Waals surface area contributed by atoms with Crippen molar-refractivity contribution in [2.24, 2.45) is 0 Å². The molecule has 0 aliphatic carbocycles. The van der Waals surface area contributed by atoms with Crippen LogP contribution in [0.2, 0.25) is 0 Å². The van der Waals surface area contributed by atoms with Crippen LogP contribution < -0.4 is 5.32 Å². The highest BCUT2D eigenvalue weighted by atomic mass is 15.3. The number of hydrogen-bond donors (Lipinski definition) is 1. The van der Waals surface area contributed by atoms with Gasteiger partial charge in [0, 0.05) is 25.7 Å². The Bertz CT molecular complexity index is 170. The number of rotatable bonds is 3. The van der Waals surface area contributed by atoms with E-state index in [9.17, 15) is 0 Å². The molecule has 0 amide bonds. The second-order valence-electron chi connectivity index (χ2n) is 4.59. The Kier molecular flexibility index (Phi) is 3.79. The van der Waals surface area contributed by atoms with E-state index >= 15 is 0 Å². The summed E-state index contributed by atoms with van der Waals surface area (Å²) in [6.07, 6.45) is 4.21. The molecule has 0 radical (unpaired) electrons. The fraction of sp³-hybridized carbons (Fsp3) is 1.00. The van der Waals surface area contributed by atoms with E-state index in [1.807, 2.05) is 7.05 Å². The first-order chi connectivity index (χ1) is 6.90. The molecule has 2 heterocycles. The molecule has 82 valence electrons. The molecule has 0 aromatic rings. The molecule has 2 saturated heterocycles. The van der Waals surface area contributed by atoms with E-state index in [-0.39, 0.29) is 0 Å². The summed E-state index contributed by atoms with van der Waals surface area (Å²) in [5.74, 6) is 0. The van der Waals surface area contributed by atoms with Gasteiger partial charge in [0.1, 0.15) is 0 Å². The number of nitrogens with one attached hydrogen (secondary N) is 1. The van der Waals surface area contributed by atoms with Crippen molar-refractivity contribution < 1.29 is 0 Å². The lowest BCUT2D eigenvalue weighted by Crippen LogP contribution is -2.39. The molecule has 14 heavy (non-hydrogen) atoms. The third-order valence-corrected chi connectivity index (χ3v) is 3.57. The zero-order valence-electron chi connectivity index (χ0n) is 9.34. The number of nitrogens with zero attached hydrogens (tertiary/aromatic N) is 2. The van der Waals surface area contributed by atoms with Crippen LogP contribution in [0.3, 0.4) is 0 Å². The SMILES string of the molecule is CNCCN1CCCN2CCCC2C1. The van der Waals surface area contributed by atoms with Gasteiger partial charge in [0.25, 0.3) is 0 Å². The first kappa shape index (κ1) is 10.4. The van der Waals surface area contributed by atoms with E-state index in [4.69, 9.17) is 0 Å². The van der Waals surface area contributed by atoms with Crippen molar-refractivity contribution in [2.45, 2.75) is 25.3 Å². The van der Waals surface area contributed by atoms with E-state index in [0.717, 1.165) is 12.6 Å². The molecular formula is C11H23N3. The van der Waals surface area contributed by atoms with Gasteiger partial charge in [-0.2, -0.15) is 0 Å². The van der Waals surface area contributed by atoms with Crippen LogP contribution >= 0.6 is 0 Å². The summed E-state index contributed by atoms with van der Waals surface area (Å²) in [5, 5.41) is 3.24. The van der Waals surface area contributed by atoms with Crippen molar-refractivity contribution in [2.75, 3.05) is 46.3 Å². The standard InChI is InChI=1S/C11H23N3/c1-12-5-9-13-6-3-8-14-7-2-4-11(14)10-13/h11-12H,2-10H2,1H3. The Morgan fingerprint density at radius 3 is 2.93 bits per heavy atom. The monoisotopic (exact) mass is 197 g/mol. The Morgan fingerprint density at radius 2 is 2.07 bits per heavy atom. The highest BCUT2D eigenvalue weighted by Crippen LogP contribution is 2.20. The third-order valence-electron chi connectivity index (χ3n) is 3.57. The van der Waals surface area contributed by atoms with E-state index < -0.39 is 0 Å². The fourth-order valence-corrected chi connectivity index (χ4v) is 2.76. The minimum atomic E-state index is 0.870. The summed E-state index contributed by atoms with van der Waals surface area (Å²) < 4.78 is 0. The Labute approximate surface area is 87.4 Å². The smallest absolute Gasteiger partial charge is 0.0223 e. The van der Waals surface area contributed by atoms with Crippen LogP contribution in [0, 0.1) is 0 Å². The lowest BCUT2D eigenvalue weighted by Gasteiger charge is -2.25. The zero-order valence-corrected chi connectivity index (χ0v) is 9.34. The van der Waals surface area contributed by atoms with Gasteiger partial charge < -0.3 is 10.2 Å². The lowest BCUT2D eigenvalue weighted by atomic mass is 10.2. The number of likely N-dealkylation sites (N-methyl/N-ethyl adjacent to an activating group) is 1. The summed E-state index contributed by atoms with van der Waals surface area (Å²) in [6, 6.07) is 0.870. The molecule has 2 fully saturated rings. The minimum Gasteiger partial charge on any atom is -0.318 e. The topological polar surface area (TPSA) is 18.5 Å². The van der Waals surface area contributed by atoms with Crippen LogP contribution in [-0.2, 0) is 0 Å². The van der Waals surface area contributed by atoms with Gasteiger partial charge in [-0.05, 0) is 45.9 Å². The Hall–Kier alpha value is -0.120. The first-order valence-corrected chi connectivity index (χ1v) is 6.01. The average Bonchev–Trinajstić information content (AvgIpc) is 2.54. The van der Waals surface area contributed by atoms with Crippen LogP contribution in [0.4, 0.5) is 0 Å². The molecule has 0 aromatic heterocycles. The summed E-state index contributed by atoms with van der Waals surface area (Å²) in [7, 11) is 2.04. The quantitative estimate of drug-likeness (QED) is 0.705. The molecule has 3 heteroatoms. The third kappa shape index (κ3) is 2.47. The Morgan fingerprint density at radius 1 is 1.21 bits per heavy atom. The first-order valence-electron chi connectivity index (χ1n) is 6.01.